The van der Waals surface area contributed by atoms with Crippen LogP contribution in [-0.4, -0.2) is 0 Å². The summed E-state index contributed by atoms with van der Waals surface area (Å²) in [5.41, 5.74) is 10.8. The first-order chi connectivity index (χ1) is 24.3. The van der Waals surface area contributed by atoms with Crippen LogP contribution in [0.2, 0.25) is 0 Å². The van der Waals surface area contributed by atoms with E-state index in [1.807, 2.05) is 0 Å². The van der Waals surface area contributed by atoms with Gasteiger partial charge >= 0.3 is 0 Å². The van der Waals surface area contributed by atoms with Gasteiger partial charge in [0.2, 0.25) is 0 Å². The van der Waals surface area contributed by atoms with Gasteiger partial charge in [0.05, 0.1) is 0 Å². The lowest BCUT2D eigenvalue weighted by Gasteiger charge is -2.26. The van der Waals surface area contributed by atoms with Gasteiger partial charge in [-0.3, -0.25) is 0 Å². The van der Waals surface area contributed by atoms with E-state index in [0.29, 0.717) is 0 Å². The number of benzene rings is 9. The molecule has 0 atom stereocenters. The number of nitrogens with zero attached hydrogens (tertiary/aromatic N) is 1. The molecule has 49 heavy (non-hydrogen) atoms. The summed E-state index contributed by atoms with van der Waals surface area (Å²) in [4.78, 5) is 2.34. The molecule has 0 unspecified atom stereocenters. The van der Waals surface area contributed by atoms with E-state index in [0.717, 1.165) is 17.1 Å². The smallest absolute Gasteiger partial charge is 0.0467 e. The van der Waals surface area contributed by atoms with Crippen LogP contribution in [0.1, 0.15) is 0 Å². The first-order valence-corrected chi connectivity index (χ1v) is 16.9. The Hall–Kier alpha value is -6.44. The first-order valence-electron chi connectivity index (χ1n) is 16.9. The predicted octanol–water partition coefficient (Wildman–Crippen LogP) is 13.6. The molecule has 0 bridgehead atoms. The van der Waals surface area contributed by atoms with E-state index in [2.05, 4.69) is 205 Å². The van der Waals surface area contributed by atoms with Gasteiger partial charge in [0.1, 0.15) is 0 Å². The minimum absolute atomic E-state index is 1.12. The Morgan fingerprint density at radius 1 is 0.245 bits per heavy atom. The molecule has 0 radical (unpaired) electrons. The highest BCUT2D eigenvalue weighted by atomic mass is 15.1. The average molecular weight is 624 g/mol. The van der Waals surface area contributed by atoms with Crippen molar-refractivity contribution in [3.05, 3.63) is 200 Å². The van der Waals surface area contributed by atoms with Crippen molar-refractivity contribution in [2.24, 2.45) is 0 Å². The zero-order valence-corrected chi connectivity index (χ0v) is 27.0. The molecule has 1 heteroatoms. The fraction of sp³-hybridized carbons (Fsp3) is 0. The fourth-order valence-electron chi connectivity index (χ4n) is 7.52. The molecular formula is C48H33N. The van der Waals surface area contributed by atoms with Gasteiger partial charge < -0.3 is 4.90 Å². The minimum atomic E-state index is 1.12. The van der Waals surface area contributed by atoms with Crippen LogP contribution < -0.4 is 4.90 Å². The molecule has 9 aromatic carbocycles. The van der Waals surface area contributed by atoms with Crippen molar-refractivity contribution >= 4 is 49.4 Å². The van der Waals surface area contributed by atoms with Gasteiger partial charge in [-0.15, -0.1) is 0 Å². The average Bonchev–Trinajstić information content (AvgIpc) is 3.18. The number of rotatable bonds is 6. The van der Waals surface area contributed by atoms with Gasteiger partial charge in [-0.05, 0) is 102 Å². The van der Waals surface area contributed by atoms with Crippen LogP contribution in [-0.2, 0) is 0 Å². The topological polar surface area (TPSA) is 3.24 Å². The Morgan fingerprint density at radius 2 is 0.633 bits per heavy atom. The van der Waals surface area contributed by atoms with Crippen molar-refractivity contribution < 1.29 is 0 Å². The van der Waals surface area contributed by atoms with Gasteiger partial charge in [-0.25, -0.2) is 0 Å². The number of hydrogen-bond acceptors (Lipinski definition) is 1. The Bertz CT molecular complexity index is 2490. The van der Waals surface area contributed by atoms with Crippen molar-refractivity contribution in [3.63, 3.8) is 0 Å². The van der Waals surface area contributed by atoms with Crippen molar-refractivity contribution in [3.8, 4) is 33.4 Å². The second-order valence-electron chi connectivity index (χ2n) is 12.5. The number of hydrogen-bond donors (Lipinski definition) is 0. The Labute approximate surface area is 287 Å². The third-order valence-electron chi connectivity index (χ3n) is 9.63. The molecule has 0 fully saturated rings. The molecule has 1 nitrogen and oxygen atoms in total. The van der Waals surface area contributed by atoms with Crippen LogP contribution in [0, 0.1) is 0 Å². The minimum Gasteiger partial charge on any atom is -0.310 e. The summed E-state index contributed by atoms with van der Waals surface area (Å²) in [6.07, 6.45) is 0. The molecule has 0 saturated heterocycles. The largest absolute Gasteiger partial charge is 0.310 e. The second kappa shape index (κ2) is 12.3. The lowest BCUT2D eigenvalue weighted by Crippen LogP contribution is -2.09. The molecule has 0 amide bonds. The van der Waals surface area contributed by atoms with Crippen LogP contribution in [0.4, 0.5) is 17.1 Å². The molecule has 0 N–H and O–H groups in total. The highest BCUT2D eigenvalue weighted by molar-refractivity contribution is 6.24. The van der Waals surface area contributed by atoms with E-state index in [9.17, 15) is 0 Å². The van der Waals surface area contributed by atoms with E-state index in [1.165, 1.54) is 65.7 Å². The van der Waals surface area contributed by atoms with Crippen LogP contribution >= 0.6 is 0 Å². The van der Waals surface area contributed by atoms with Gasteiger partial charge in [0.15, 0.2) is 0 Å². The molecule has 0 heterocycles. The van der Waals surface area contributed by atoms with Crippen LogP contribution in [0.5, 0.6) is 0 Å². The maximum Gasteiger partial charge on any atom is 0.0467 e. The van der Waals surface area contributed by atoms with Crippen LogP contribution in [0.3, 0.4) is 0 Å². The van der Waals surface area contributed by atoms with Gasteiger partial charge in [0.25, 0.3) is 0 Å². The molecule has 9 rings (SSSR count). The Kier molecular flexibility index (Phi) is 7.22. The molecule has 0 aliphatic heterocycles. The quantitative estimate of drug-likeness (QED) is 0.167. The van der Waals surface area contributed by atoms with Gasteiger partial charge in [-0.2, -0.15) is 0 Å². The zero-order valence-electron chi connectivity index (χ0n) is 27.0. The molecule has 0 spiro atoms. The summed E-state index contributed by atoms with van der Waals surface area (Å²) in [6, 6.07) is 72.3. The van der Waals surface area contributed by atoms with Crippen molar-refractivity contribution in [1.82, 2.24) is 0 Å². The summed E-state index contributed by atoms with van der Waals surface area (Å²) in [6.45, 7) is 0. The maximum absolute atomic E-state index is 2.35. The fourth-order valence-corrected chi connectivity index (χ4v) is 7.52. The third-order valence-corrected chi connectivity index (χ3v) is 9.63. The monoisotopic (exact) mass is 623 g/mol. The molecular weight excluding hydrogens is 591 g/mol. The second-order valence-corrected chi connectivity index (χ2v) is 12.5. The highest BCUT2D eigenvalue weighted by Crippen LogP contribution is 2.47. The SMILES string of the molecule is c1ccc(-c2ccc(-c3c4ccccc4c(-c4cccc(N(c5ccccc5)c5ccccc5)c4)c4ccccc34)c3ccccc23)cc1. The third kappa shape index (κ3) is 5.04. The summed E-state index contributed by atoms with van der Waals surface area (Å²) in [5.74, 6) is 0. The normalized spacial score (nSPS) is 11.3. The lowest BCUT2D eigenvalue weighted by molar-refractivity contribution is 1.28. The number of para-hydroxylation sites is 2. The van der Waals surface area contributed by atoms with E-state index < -0.39 is 0 Å². The Morgan fingerprint density at radius 3 is 1.18 bits per heavy atom. The van der Waals surface area contributed by atoms with E-state index in [1.54, 1.807) is 0 Å². The summed E-state index contributed by atoms with van der Waals surface area (Å²) >= 11 is 0. The van der Waals surface area contributed by atoms with Gasteiger partial charge in [-0.1, -0.05) is 164 Å². The first kappa shape index (κ1) is 28.8. The van der Waals surface area contributed by atoms with Crippen molar-refractivity contribution in [2.75, 3.05) is 4.90 Å². The predicted molar refractivity (Wildman–Crippen MR) is 210 cm³/mol. The summed E-state index contributed by atoms with van der Waals surface area (Å²) in [7, 11) is 0. The van der Waals surface area contributed by atoms with Crippen molar-refractivity contribution in [1.29, 1.82) is 0 Å². The van der Waals surface area contributed by atoms with Crippen molar-refractivity contribution in [2.45, 2.75) is 0 Å². The zero-order chi connectivity index (χ0) is 32.6. The molecule has 9 aromatic rings. The van der Waals surface area contributed by atoms with Crippen LogP contribution in [0.15, 0.2) is 200 Å². The summed E-state index contributed by atoms with van der Waals surface area (Å²) in [5, 5.41) is 7.52. The maximum atomic E-state index is 2.35. The molecule has 0 aliphatic rings. The molecule has 0 aromatic heterocycles. The lowest BCUT2D eigenvalue weighted by atomic mass is 9.83. The van der Waals surface area contributed by atoms with Gasteiger partial charge in [0, 0.05) is 17.1 Å². The van der Waals surface area contributed by atoms with E-state index in [-0.39, 0.29) is 0 Å². The molecule has 230 valence electrons. The summed E-state index contributed by atoms with van der Waals surface area (Å²) < 4.78 is 0. The molecule has 0 aliphatic carbocycles. The standard InChI is InChI=1S/C48H33N/c1-4-17-34(18-5-1)39-31-32-46(41-26-11-10-25-40(39)41)48-44-29-14-12-27-42(44)47(43-28-13-15-30-45(43)48)35-19-16-24-38(33-35)49(36-20-6-2-7-21-36)37-22-8-3-9-23-37/h1-33H. The highest BCUT2D eigenvalue weighted by Gasteiger charge is 2.20. The van der Waals surface area contributed by atoms with E-state index in [4.69, 9.17) is 0 Å². The van der Waals surface area contributed by atoms with E-state index >= 15 is 0 Å². The molecule has 0 saturated carbocycles. The Balaban J connectivity index is 1.30. The van der Waals surface area contributed by atoms with Crippen LogP contribution in [0.25, 0.3) is 65.7 Å². The number of anilines is 3. The number of fused-ring (bicyclic) bond motifs is 3.